The highest BCUT2D eigenvalue weighted by Crippen LogP contribution is 2.36. The molecule has 0 saturated carbocycles. The van der Waals surface area contributed by atoms with Gasteiger partial charge in [0.05, 0.1) is 5.41 Å². The van der Waals surface area contributed by atoms with E-state index in [1.807, 2.05) is 18.7 Å². The normalized spacial score (nSPS) is 23.8. The van der Waals surface area contributed by atoms with E-state index in [1.54, 1.807) is 11.3 Å². The molecule has 5 nitrogen and oxygen atoms in total. The topological polar surface area (TPSA) is 58.6 Å². The number of benzene rings is 1. The first-order valence-corrected chi connectivity index (χ1v) is 12.2. The van der Waals surface area contributed by atoms with Crippen LogP contribution in [-0.2, 0) is 20.7 Å². The number of carbonyl (C=O) groups is 2. The van der Waals surface area contributed by atoms with E-state index >= 15 is 0 Å². The minimum Gasteiger partial charge on any atom is -0.368 e. The maximum absolute atomic E-state index is 13.3. The Kier molecular flexibility index (Phi) is 6.77. The summed E-state index contributed by atoms with van der Waals surface area (Å²) in [5.41, 5.74) is 1.72. The Morgan fingerprint density at radius 2 is 2.03 bits per heavy atom. The lowest BCUT2D eigenvalue weighted by atomic mass is 9.79. The van der Waals surface area contributed by atoms with Crippen LogP contribution in [0.2, 0.25) is 0 Å². The Hall–Kier alpha value is -2.18. The van der Waals surface area contributed by atoms with Gasteiger partial charge in [-0.3, -0.25) is 9.59 Å². The van der Waals surface area contributed by atoms with Crippen molar-refractivity contribution in [3.05, 3.63) is 47.3 Å². The van der Waals surface area contributed by atoms with Gasteiger partial charge in [0.1, 0.15) is 6.10 Å². The molecule has 1 aromatic carbocycles. The van der Waals surface area contributed by atoms with Gasteiger partial charge < -0.3 is 15.0 Å². The van der Waals surface area contributed by atoms with Gasteiger partial charge in [0.25, 0.3) is 5.91 Å². The van der Waals surface area contributed by atoms with Crippen LogP contribution < -0.4 is 5.32 Å². The first-order chi connectivity index (χ1) is 15.0. The number of carbonyl (C=O) groups excluding carboxylic acids is 2. The van der Waals surface area contributed by atoms with E-state index in [-0.39, 0.29) is 24.0 Å². The third-order valence-corrected chi connectivity index (χ3v) is 7.24. The van der Waals surface area contributed by atoms with Gasteiger partial charge in [0, 0.05) is 30.6 Å². The molecular weight excluding hydrogens is 408 g/mol. The first kappa shape index (κ1) is 22.0. The number of nitrogens with one attached hydrogen (secondary N) is 1. The predicted molar refractivity (Wildman–Crippen MR) is 124 cm³/mol. The van der Waals surface area contributed by atoms with Crippen molar-refractivity contribution in [3.8, 4) is 10.4 Å². The van der Waals surface area contributed by atoms with Crippen LogP contribution in [0.5, 0.6) is 0 Å². The monoisotopic (exact) mass is 440 g/mol. The highest BCUT2D eigenvalue weighted by Gasteiger charge is 2.47. The van der Waals surface area contributed by atoms with Crippen LogP contribution in [-0.4, -0.2) is 48.6 Å². The summed E-state index contributed by atoms with van der Waals surface area (Å²) in [5, 5.41) is 5.19. The SMILES string of the molecule is CC(C)NC(=O)[C@@]1(Cc2ccc(-c3cccs3)cc2)CCN(C(=O)[C@@H]2CCCCO2)C1. The molecule has 2 atom stereocenters. The van der Waals surface area contributed by atoms with Crippen LogP contribution in [0.4, 0.5) is 0 Å². The molecule has 166 valence electrons. The fraction of sp³-hybridized carbons (Fsp3) is 0.520. The van der Waals surface area contributed by atoms with Gasteiger partial charge in [0.15, 0.2) is 0 Å². The Bertz CT molecular complexity index is 888. The van der Waals surface area contributed by atoms with Crippen molar-refractivity contribution in [1.29, 1.82) is 0 Å². The van der Waals surface area contributed by atoms with Gasteiger partial charge >= 0.3 is 0 Å². The number of hydrogen-bond acceptors (Lipinski definition) is 4. The molecule has 0 bridgehead atoms. The lowest BCUT2D eigenvalue weighted by Crippen LogP contribution is -2.48. The molecule has 0 aliphatic carbocycles. The number of hydrogen-bond donors (Lipinski definition) is 1. The fourth-order valence-corrected chi connectivity index (χ4v) is 5.38. The molecule has 0 spiro atoms. The van der Waals surface area contributed by atoms with E-state index in [4.69, 9.17) is 4.74 Å². The number of rotatable bonds is 6. The summed E-state index contributed by atoms with van der Waals surface area (Å²) < 4.78 is 5.72. The molecule has 1 N–H and O–H groups in total. The van der Waals surface area contributed by atoms with Crippen LogP contribution in [0.3, 0.4) is 0 Å². The average Bonchev–Trinajstić information content (AvgIpc) is 3.45. The zero-order valence-corrected chi connectivity index (χ0v) is 19.2. The molecule has 0 radical (unpaired) electrons. The van der Waals surface area contributed by atoms with Gasteiger partial charge in [-0.05, 0) is 68.5 Å². The van der Waals surface area contributed by atoms with Crippen molar-refractivity contribution in [1.82, 2.24) is 10.2 Å². The van der Waals surface area contributed by atoms with Gasteiger partial charge in [-0.1, -0.05) is 30.3 Å². The standard InChI is InChI=1S/C25H32N2O3S/c1-18(2)26-24(29)25(12-13-27(17-25)23(28)21-6-3-4-14-30-21)16-19-8-10-20(11-9-19)22-7-5-15-31-22/h5,7-11,15,18,21H,3-4,6,12-14,16-17H2,1-2H3,(H,26,29)/t21-,25+/m0/s1. The molecule has 2 saturated heterocycles. The zero-order chi connectivity index (χ0) is 21.8. The molecule has 6 heteroatoms. The quantitative estimate of drug-likeness (QED) is 0.730. The van der Waals surface area contributed by atoms with Gasteiger partial charge in [-0.25, -0.2) is 0 Å². The Balaban J connectivity index is 1.51. The van der Waals surface area contributed by atoms with Crippen molar-refractivity contribution in [2.75, 3.05) is 19.7 Å². The van der Waals surface area contributed by atoms with Crippen LogP contribution in [0.15, 0.2) is 41.8 Å². The maximum atomic E-state index is 13.3. The summed E-state index contributed by atoms with van der Waals surface area (Å²) in [6, 6.07) is 12.7. The number of amides is 2. The largest absolute Gasteiger partial charge is 0.368 e. The smallest absolute Gasteiger partial charge is 0.251 e. The van der Waals surface area contributed by atoms with Gasteiger partial charge in [-0.2, -0.15) is 0 Å². The number of likely N-dealkylation sites (tertiary alicyclic amines) is 1. The molecule has 2 amide bonds. The van der Waals surface area contributed by atoms with E-state index in [0.29, 0.717) is 32.5 Å². The van der Waals surface area contributed by atoms with Crippen LogP contribution in [0.25, 0.3) is 10.4 Å². The molecule has 0 unspecified atom stereocenters. The summed E-state index contributed by atoms with van der Waals surface area (Å²) >= 11 is 1.72. The molecule has 1 aromatic heterocycles. The second-order valence-electron chi connectivity index (χ2n) is 9.12. The van der Waals surface area contributed by atoms with Crippen molar-refractivity contribution < 1.29 is 14.3 Å². The molecule has 31 heavy (non-hydrogen) atoms. The van der Waals surface area contributed by atoms with Gasteiger partial charge in [-0.15, -0.1) is 11.3 Å². The lowest BCUT2D eigenvalue weighted by molar-refractivity contribution is -0.146. The molecular formula is C25H32N2O3S. The molecule has 2 aromatic rings. The molecule has 2 fully saturated rings. The highest BCUT2D eigenvalue weighted by molar-refractivity contribution is 7.13. The maximum Gasteiger partial charge on any atom is 0.251 e. The van der Waals surface area contributed by atoms with E-state index in [0.717, 1.165) is 24.8 Å². The summed E-state index contributed by atoms with van der Waals surface area (Å²) in [6.07, 6.45) is 3.79. The van der Waals surface area contributed by atoms with Crippen molar-refractivity contribution in [2.24, 2.45) is 5.41 Å². The zero-order valence-electron chi connectivity index (χ0n) is 18.4. The Morgan fingerprint density at radius 1 is 1.23 bits per heavy atom. The van der Waals surface area contributed by atoms with E-state index in [9.17, 15) is 9.59 Å². The van der Waals surface area contributed by atoms with Crippen LogP contribution >= 0.6 is 11.3 Å². The number of ether oxygens (including phenoxy) is 1. The van der Waals surface area contributed by atoms with Crippen LogP contribution in [0, 0.1) is 5.41 Å². The number of thiophene rings is 1. The Labute approximate surface area is 188 Å². The Morgan fingerprint density at radius 3 is 2.68 bits per heavy atom. The summed E-state index contributed by atoms with van der Waals surface area (Å²) in [4.78, 5) is 29.4. The van der Waals surface area contributed by atoms with E-state index in [2.05, 4.69) is 47.1 Å². The molecule has 2 aliphatic heterocycles. The molecule has 2 aliphatic rings. The van der Waals surface area contributed by atoms with Crippen molar-refractivity contribution in [3.63, 3.8) is 0 Å². The van der Waals surface area contributed by atoms with Gasteiger partial charge in [0.2, 0.25) is 5.91 Å². The number of nitrogens with zero attached hydrogens (tertiary/aromatic N) is 1. The summed E-state index contributed by atoms with van der Waals surface area (Å²) in [7, 11) is 0. The van der Waals surface area contributed by atoms with Crippen LogP contribution in [0.1, 0.15) is 45.1 Å². The summed E-state index contributed by atoms with van der Waals surface area (Å²) in [5.74, 6) is 0.0941. The second kappa shape index (κ2) is 9.53. The van der Waals surface area contributed by atoms with Crippen molar-refractivity contribution in [2.45, 2.75) is 58.1 Å². The van der Waals surface area contributed by atoms with Crippen molar-refractivity contribution >= 4 is 23.2 Å². The lowest BCUT2D eigenvalue weighted by Gasteiger charge is -2.31. The third-order valence-electron chi connectivity index (χ3n) is 6.32. The van der Waals surface area contributed by atoms with E-state index < -0.39 is 5.41 Å². The fourth-order valence-electron chi connectivity index (χ4n) is 4.65. The second-order valence-corrected chi connectivity index (χ2v) is 10.1. The third kappa shape index (κ3) is 5.01. The highest BCUT2D eigenvalue weighted by atomic mass is 32.1. The average molecular weight is 441 g/mol. The predicted octanol–water partition coefficient (Wildman–Crippen LogP) is 4.27. The minimum atomic E-state index is -0.598. The van der Waals surface area contributed by atoms with E-state index in [1.165, 1.54) is 10.4 Å². The summed E-state index contributed by atoms with van der Waals surface area (Å²) in [6.45, 7) is 5.68. The first-order valence-electron chi connectivity index (χ1n) is 11.3. The minimum absolute atomic E-state index is 0.0460. The molecule has 3 heterocycles. The molecule has 4 rings (SSSR count).